The van der Waals surface area contributed by atoms with Gasteiger partial charge in [-0.25, -0.2) is 0 Å². The molecule has 0 saturated carbocycles. The van der Waals surface area contributed by atoms with Crippen molar-refractivity contribution in [2.75, 3.05) is 0 Å². The first-order chi connectivity index (χ1) is 4.04. The molecule has 0 aliphatic rings. The Kier molecular flexibility index (Phi) is 2.92. The molecule has 0 aromatic carbocycles. The molecular formula is C8H16O. The van der Waals surface area contributed by atoms with E-state index in [0.29, 0.717) is 0 Å². The maximum absolute atomic E-state index is 9.31. The van der Waals surface area contributed by atoms with E-state index in [1.807, 2.05) is 20.8 Å². The number of aliphatic hydroxyl groups is 1. The Morgan fingerprint density at radius 2 is 2.11 bits per heavy atom. The lowest BCUT2D eigenvalue weighted by Crippen LogP contribution is -2.25. The van der Waals surface area contributed by atoms with Gasteiger partial charge >= 0.3 is 0 Å². The summed E-state index contributed by atoms with van der Waals surface area (Å²) in [6.07, 6.45) is 2.33. The molecule has 0 spiro atoms. The van der Waals surface area contributed by atoms with Crippen molar-refractivity contribution in [2.24, 2.45) is 5.41 Å². The average molecular weight is 128 g/mol. The molecule has 1 atom stereocenters. The lowest BCUT2D eigenvalue weighted by atomic mass is 9.85. The highest BCUT2D eigenvalue weighted by molar-refractivity contribution is 4.92. The fourth-order valence-electron chi connectivity index (χ4n) is 0.662. The number of hydrogen-bond donors (Lipinski definition) is 1. The molecule has 0 heterocycles. The molecule has 0 aliphatic heterocycles. The van der Waals surface area contributed by atoms with Gasteiger partial charge in [-0.1, -0.05) is 26.8 Å². The summed E-state index contributed by atoms with van der Waals surface area (Å²) in [5, 5.41) is 9.31. The van der Waals surface area contributed by atoms with Gasteiger partial charge in [-0.2, -0.15) is 0 Å². The highest BCUT2D eigenvalue weighted by Gasteiger charge is 2.21. The second kappa shape index (κ2) is 3.02. The van der Waals surface area contributed by atoms with E-state index in [0.717, 1.165) is 6.42 Å². The summed E-state index contributed by atoms with van der Waals surface area (Å²) in [4.78, 5) is 0. The summed E-state index contributed by atoms with van der Waals surface area (Å²) in [6, 6.07) is 0. The molecule has 54 valence electrons. The molecule has 0 fully saturated rings. The summed E-state index contributed by atoms with van der Waals surface area (Å²) in [5.41, 5.74) is -0.130. The van der Waals surface area contributed by atoms with Gasteiger partial charge in [0.05, 0.1) is 6.10 Å². The molecule has 0 amide bonds. The molecule has 0 unspecified atom stereocenters. The zero-order valence-corrected chi connectivity index (χ0v) is 6.52. The van der Waals surface area contributed by atoms with Gasteiger partial charge in [0, 0.05) is 5.41 Å². The van der Waals surface area contributed by atoms with Crippen LogP contribution in [0.5, 0.6) is 0 Å². The van der Waals surface area contributed by atoms with Crippen molar-refractivity contribution < 1.29 is 5.11 Å². The molecule has 1 heteroatoms. The normalized spacial score (nSPS) is 15.1. The van der Waals surface area contributed by atoms with Crippen LogP contribution >= 0.6 is 0 Å². The third kappa shape index (κ3) is 2.19. The predicted octanol–water partition coefficient (Wildman–Crippen LogP) is 1.97. The van der Waals surface area contributed by atoms with Crippen molar-refractivity contribution >= 4 is 0 Å². The molecule has 0 aromatic rings. The molecule has 0 rings (SSSR count). The Balaban J connectivity index is 3.95. The lowest BCUT2D eigenvalue weighted by molar-refractivity contribution is 0.0788. The predicted molar refractivity (Wildman–Crippen MR) is 40.3 cm³/mol. The second-order valence-electron chi connectivity index (χ2n) is 2.95. The largest absolute Gasteiger partial charge is 0.392 e. The first-order valence-electron chi connectivity index (χ1n) is 3.36. The van der Waals surface area contributed by atoms with Crippen LogP contribution in [0.3, 0.4) is 0 Å². The molecule has 1 N–H and O–H groups in total. The third-order valence-electron chi connectivity index (χ3n) is 1.77. The lowest BCUT2D eigenvalue weighted by Gasteiger charge is -2.25. The van der Waals surface area contributed by atoms with Gasteiger partial charge in [0.25, 0.3) is 0 Å². The van der Waals surface area contributed by atoms with E-state index in [9.17, 15) is 5.11 Å². The van der Waals surface area contributed by atoms with E-state index in [-0.39, 0.29) is 11.5 Å². The van der Waals surface area contributed by atoms with Crippen LogP contribution in [0.25, 0.3) is 0 Å². The Morgan fingerprint density at radius 1 is 1.67 bits per heavy atom. The minimum atomic E-state index is -0.255. The molecule has 0 radical (unpaired) electrons. The minimum Gasteiger partial charge on any atom is -0.392 e. The van der Waals surface area contributed by atoms with Gasteiger partial charge in [-0.05, 0) is 6.42 Å². The van der Waals surface area contributed by atoms with Crippen molar-refractivity contribution in [3.05, 3.63) is 12.7 Å². The maximum Gasteiger partial charge on any atom is 0.0622 e. The smallest absolute Gasteiger partial charge is 0.0622 e. The Hall–Kier alpha value is -0.300. The fourth-order valence-corrected chi connectivity index (χ4v) is 0.662. The van der Waals surface area contributed by atoms with Gasteiger partial charge in [-0.3, -0.25) is 0 Å². The van der Waals surface area contributed by atoms with Gasteiger partial charge < -0.3 is 5.11 Å². The molecular weight excluding hydrogens is 112 g/mol. The molecule has 0 aliphatic carbocycles. The van der Waals surface area contributed by atoms with Crippen LogP contribution in [0.2, 0.25) is 0 Å². The quantitative estimate of drug-likeness (QED) is 0.576. The van der Waals surface area contributed by atoms with E-state index >= 15 is 0 Å². The summed E-state index contributed by atoms with van der Waals surface area (Å²) in [5.74, 6) is 0. The van der Waals surface area contributed by atoms with Gasteiger partial charge in [-0.15, -0.1) is 6.58 Å². The fraction of sp³-hybridized carbons (Fsp3) is 0.750. The first kappa shape index (κ1) is 8.70. The van der Waals surface area contributed by atoms with E-state index < -0.39 is 0 Å². The van der Waals surface area contributed by atoms with E-state index in [1.54, 1.807) is 6.08 Å². The SMILES string of the molecule is C=CC(C)(C)[C@@H](O)CC. The molecule has 0 aromatic heterocycles. The van der Waals surface area contributed by atoms with Crippen LogP contribution in [0.1, 0.15) is 27.2 Å². The van der Waals surface area contributed by atoms with Crippen LogP contribution in [0, 0.1) is 5.41 Å². The Labute approximate surface area is 57.4 Å². The van der Waals surface area contributed by atoms with Crippen LogP contribution in [0.4, 0.5) is 0 Å². The van der Waals surface area contributed by atoms with Crippen LogP contribution < -0.4 is 0 Å². The zero-order valence-electron chi connectivity index (χ0n) is 6.52. The van der Waals surface area contributed by atoms with Crippen LogP contribution in [-0.2, 0) is 0 Å². The van der Waals surface area contributed by atoms with E-state index in [4.69, 9.17) is 0 Å². The highest BCUT2D eigenvalue weighted by atomic mass is 16.3. The third-order valence-corrected chi connectivity index (χ3v) is 1.77. The van der Waals surface area contributed by atoms with Crippen LogP contribution in [0.15, 0.2) is 12.7 Å². The summed E-state index contributed by atoms with van der Waals surface area (Å²) >= 11 is 0. The second-order valence-corrected chi connectivity index (χ2v) is 2.95. The summed E-state index contributed by atoms with van der Waals surface area (Å²) < 4.78 is 0. The number of hydrogen-bond acceptors (Lipinski definition) is 1. The van der Waals surface area contributed by atoms with Crippen molar-refractivity contribution in [3.8, 4) is 0 Å². The van der Waals surface area contributed by atoms with Crippen molar-refractivity contribution in [2.45, 2.75) is 33.3 Å². The Morgan fingerprint density at radius 3 is 2.22 bits per heavy atom. The van der Waals surface area contributed by atoms with Gasteiger partial charge in [0.15, 0.2) is 0 Å². The average Bonchev–Trinajstić information content (AvgIpc) is 1.86. The number of rotatable bonds is 3. The molecule has 0 saturated heterocycles. The van der Waals surface area contributed by atoms with Gasteiger partial charge in [0.2, 0.25) is 0 Å². The van der Waals surface area contributed by atoms with Crippen molar-refractivity contribution in [1.29, 1.82) is 0 Å². The van der Waals surface area contributed by atoms with Crippen molar-refractivity contribution in [3.63, 3.8) is 0 Å². The maximum atomic E-state index is 9.31. The minimum absolute atomic E-state index is 0.130. The summed E-state index contributed by atoms with van der Waals surface area (Å²) in [6.45, 7) is 9.57. The van der Waals surface area contributed by atoms with Gasteiger partial charge in [0.1, 0.15) is 0 Å². The number of aliphatic hydroxyl groups excluding tert-OH is 1. The topological polar surface area (TPSA) is 20.2 Å². The van der Waals surface area contributed by atoms with Crippen molar-refractivity contribution in [1.82, 2.24) is 0 Å². The Bertz CT molecular complexity index is 94.7. The summed E-state index contributed by atoms with van der Waals surface area (Å²) in [7, 11) is 0. The van der Waals surface area contributed by atoms with Crippen LogP contribution in [-0.4, -0.2) is 11.2 Å². The molecule has 0 bridgehead atoms. The zero-order chi connectivity index (χ0) is 7.49. The first-order valence-corrected chi connectivity index (χ1v) is 3.36. The molecule has 9 heavy (non-hydrogen) atoms. The van der Waals surface area contributed by atoms with E-state index in [1.165, 1.54) is 0 Å². The molecule has 1 nitrogen and oxygen atoms in total. The highest BCUT2D eigenvalue weighted by Crippen LogP contribution is 2.23. The standard InChI is InChI=1S/C8H16O/c1-5-7(9)8(3,4)6-2/h6-7,9H,2,5H2,1,3-4H3/t7-/m0/s1. The van der Waals surface area contributed by atoms with E-state index in [2.05, 4.69) is 6.58 Å². The monoisotopic (exact) mass is 128 g/mol.